The third-order valence-corrected chi connectivity index (χ3v) is 2.73. The van der Waals surface area contributed by atoms with Gasteiger partial charge >= 0.3 is 0 Å². The maximum absolute atomic E-state index is 12.4. The number of anilines is 2. The van der Waals surface area contributed by atoms with Crippen LogP contribution in [0.5, 0.6) is 11.5 Å². The molecule has 0 saturated heterocycles. The fourth-order valence-electron chi connectivity index (χ4n) is 1.77. The van der Waals surface area contributed by atoms with Crippen LogP contribution in [-0.4, -0.2) is 25.1 Å². The molecule has 0 saturated carbocycles. The maximum Gasteiger partial charge on any atom is 0.264 e. The summed E-state index contributed by atoms with van der Waals surface area (Å²) in [5.41, 5.74) is 6.43. The molecular weight excluding hydrogens is 258 g/mol. The van der Waals surface area contributed by atoms with Crippen molar-refractivity contribution in [3.63, 3.8) is 0 Å². The van der Waals surface area contributed by atoms with Gasteiger partial charge in [0.1, 0.15) is 17.1 Å². The molecule has 1 aromatic heterocycles. The number of carbonyl (C=O) groups is 1. The maximum atomic E-state index is 12.4. The Kier molecular flexibility index (Phi) is 4.05. The number of carbonyl (C=O) groups excluding carboxylic acids is 1. The second-order valence-corrected chi connectivity index (χ2v) is 3.93. The molecular formula is C14H15N3O3. The predicted molar refractivity (Wildman–Crippen MR) is 76.1 cm³/mol. The van der Waals surface area contributed by atoms with Gasteiger partial charge < -0.3 is 20.5 Å². The molecule has 0 bridgehead atoms. The molecule has 1 aromatic carbocycles. The standard InChI is InChI=1S/C14H15N3O3/c1-19-10-6-3-7-11(20-2)12(10)14(18)17-13-9(15)5-4-8-16-13/h3-8H,15H2,1-2H3,(H,16,17,18). The number of methoxy groups -OCH3 is 2. The third kappa shape index (κ3) is 2.64. The molecule has 0 aliphatic heterocycles. The molecule has 6 heteroatoms. The van der Waals surface area contributed by atoms with E-state index in [1.165, 1.54) is 14.2 Å². The number of nitrogen functional groups attached to an aromatic ring is 1. The molecule has 1 amide bonds. The summed E-state index contributed by atoms with van der Waals surface area (Å²) in [5.74, 6) is 0.725. The average molecular weight is 273 g/mol. The molecule has 1 heterocycles. The van der Waals surface area contributed by atoms with E-state index in [1.807, 2.05) is 0 Å². The van der Waals surface area contributed by atoms with Crippen molar-refractivity contribution in [2.45, 2.75) is 0 Å². The van der Waals surface area contributed by atoms with Crippen molar-refractivity contribution in [1.82, 2.24) is 4.98 Å². The van der Waals surface area contributed by atoms with Crippen LogP contribution in [0.4, 0.5) is 11.5 Å². The molecule has 0 atom stereocenters. The summed E-state index contributed by atoms with van der Waals surface area (Å²) in [6.07, 6.45) is 1.55. The van der Waals surface area contributed by atoms with Crippen molar-refractivity contribution in [2.24, 2.45) is 0 Å². The van der Waals surface area contributed by atoms with Gasteiger partial charge in [-0.15, -0.1) is 0 Å². The summed E-state index contributed by atoms with van der Waals surface area (Å²) < 4.78 is 10.4. The van der Waals surface area contributed by atoms with Gasteiger partial charge in [0.25, 0.3) is 5.91 Å². The van der Waals surface area contributed by atoms with E-state index in [4.69, 9.17) is 15.2 Å². The van der Waals surface area contributed by atoms with E-state index in [0.717, 1.165) is 0 Å². The monoisotopic (exact) mass is 273 g/mol. The zero-order valence-electron chi connectivity index (χ0n) is 11.2. The minimum atomic E-state index is -0.398. The summed E-state index contributed by atoms with van der Waals surface area (Å²) in [7, 11) is 2.97. The van der Waals surface area contributed by atoms with Crippen LogP contribution in [-0.2, 0) is 0 Å². The van der Waals surface area contributed by atoms with E-state index in [0.29, 0.717) is 28.6 Å². The van der Waals surface area contributed by atoms with Crippen molar-refractivity contribution in [1.29, 1.82) is 0 Å². The molecule has 104 valence electrons. The highest BCUT2D eigenvalue weighted by Gasteiger charge is 2.19. The van der Waals surface area contributed by atoms with Gasteiger partial charge in [0, 0.05) is 6.20 Å². The first-order valence-electron chi connectivity index (χ1n) is 5.90. The van der Waals surface area contributed by atoms with Crippen molar-refractivity contribution in [3.8, 4) is 11.5 Å². The van der Waals surface area contributed by atoms with Crippen LogP contribution in [0.25, 0.3) is 0 Å². The number of ether oxygens (including phenoxy) is 2. The number of pyridine rings is 1. The normalized spacial score (nSPS) is 9.90. The highest BCUT2D eigenvalue weighted by Crippen LogP contribution is 2.29. The van der Waals surface area contributed by atoms with E-state index in [9.17, 15) is 4.79 Å². The highest BCUT2D eigenvalue weighted by molar-refractivity contribution is 6.08. The first kappa shape index (κ1) is 13.7. The van der Waals surface area contributed by atoms with Crippen molar-refractivity contribution in [3.05, 3.63) is 42.1 Å². The van der Waals surface area contributed by atoms with Crippen LogP contribution in [0.2, 0.25) is 0 Å². The summed E-state index contributed by atoms with van der Waals surface area (Å²) in [5, 5.41) is 2.64. The van der Waals surface area contributed by atoms with E-state index in [1.54, 1.807) is 36.5 Å². The lowest BCUT2D eigenvalue weighted by Gasteiger charge is -2.13. The Bertz CT molecular complexity index is 607. The lowest BCUT2D eigenvalue weighted by Crippen LogP contribution is -2.16. The average Bonchev–Trinajstić information content (AvgIpc) is 2.48. The van der Waals surface area contributed by atoms with Gasteiger partial charge in [0.05, 0.1) is 19.9 Å². The third-order valence-electron chi connectivity index (χ3n) is 2.73. The summed E-state index contributed by atoms with van der Waals surface area (Å²) in [6, 6.07) is 8.44. The fraction of sp³-hybridized carbons (Fsp3) is 0.143. The molecule has 2 rings (SSSR count). The lowest BCUT2D eigenvalue weighted by atomic mass is 10.1. The molecule has 0 spiro atoms. The number of nitrogens with zero attached hydrogens (tertiary/aromatic N) is 1. The molecule has 0 fully saturated rings. The quantitative estimate of drug-likeness (QED) is 0.889. The number of hydrogen-bond donors (Lipinski definition) is 2. The Morgan fingerprint density at radius 2 is 1.80 bits per heavy atom. The van der Waals surface area contributed by atoms with Gasteiger partial charge in [-0.2, -0.15) is 0 Å². The molecule has 0 aliphatic rings. The van der Waals surface area contributed by atoms with Gasteiger partial charge in [-0.05, 0) is 24.3 Å². The van der Waals surface area contributed by atoms with Crippen LogP contribution in [0.15, 0.2) is 36.5 Å². The Labute approximate surface area is 116 Å². The molecule has 3 N–H and O–H groups in total. The smallest absolute Gasteiger partial charge is 0.264 e. The highest BCUT2D eigenvalue weighted by atomic mass is 16.5. The molecule has 0 unspecified atom stereocenters. The number of rotatable bonds is 4. The van der Waals surface area contributed by atoms with Crippen LogP contribution >= 0.6 is 0 Å². The van der Waals surface area contributed by atoms with Gasteiger partial charge in [0.2, 0.25) is 0 Å². The Hall–Kier alpha value is -2.76. The molecule has 6 nitrogen and oxygen atoms in total. The van der Waals surface area contributed by atoms with Gasteiger partial charge in [-0.1, -0.05) is 6.07 Å². The van der Waals surface area contributed by atoms with Gasteiger partial charge in [-0.3, -0.25) is 4.79 Å². The Morgan fingerprint density at radius 3 is 2.35 bits per heavy atom. The van der Waals surface area contributed by atoms with Gasteiger partial charge in [-0.25, -0.2) is 4.98 Å². The largest absolute Gasteiger partial charge is 0.496 e. The number of benzene rings is 1. The lowest BCUT2D eigenvalue weighted by molar-refractivity contribution is 0.102. The number of aromatic nitrogens is 1. The number of amides is 1. The van der Waals surface area contributed by atoms with Crippen LogP contribution in [0.3, 0.4) is 0 Å². The summed E-state index contributed by atoms with van der Waals surface area (Å²) in [4.78, 5) is 16.4. The number of hydrogen-bond acceptors (Lipinski definition) is 5. The second kappa shape index (κ2) is 5.92. The van der Waals surface area contributed by atoms with E-state index < -0.39 is 5.91 Å². The molecule has 2 aromatic rings. The minimum Gasteiger partial charge on any atom is -0.496 e. The summed E-state index contributed by atoms with van der Waals surface area (Å²) >= 11 is 0. The van der Waals surface area contributed by atoms with Crippen LogP contribution < -0.4 is 20.5 Å². The molecule has 0 radical (unpaired) electrons. The van der Waals surface area contributed by atoms with Crippen molar-refractivity contribution in [2.75, 3.05) is 25.3 Å². The Balaban J connectivity index is 2.36. The van der Waals surface area contributed by atoms with E-state index >= 15 is 0 Å². The summed E-state index contributed by atoms with van der Waals surface area (Å²) in [6.45, 7) is 0. The molecule has 20 heavy (non-hydrogen) atoms. The first-order chi connectivity index (χ1) is 9.67. The SMILES string of the molecule is COc1cccc(OC)c1C(=O)Nc1ncccc1N. The Morgan fingerprint density at radius 1 is 1.15 bits per heavy atom. The van der Waals surface area contributed by atoms with E-state index in [-0.39, 0.29) is 0 Å². The fourth-order valence-corrected chi connectivity index (χ4v) is 1.77. The predicted octanol–water partition coefficient (Wildman–Crippen LogP) is 1.93. The van der Waals surface area contributed by atoms with Crippen molar-refractivity contribution < 1.29 is 14.3 Å². The number of nitrogens with two attached hydrogens (primary N) is 1. The zero-order valence-corrected chi connectivity index (χ0v) is 11.2. The van der Waals surface area contributed by atoms with Crippen molar-refractivity contribution >= 4 is 17.4 Å². The van der Waals surface area contributed by atoms with Crippen LogP contribution in [0.1, 0.15) is 10.4 Å². The topological polar surface area (TPSA) is 86.5 Å². The minimum absolute atomic E-state index is 0.294. The van der Waals surface area contributed by atoms with Gasteiger partial charge in [0.15, 0.2) is 5.82 Å². The first-order valence-corrected chi connectivity index (χ1v) is 5.90. The van der Waals surface area contributed by atoms with E-state index in [2.05, 4.69) is 10.3 Å². The zero-order chi connectivity index (χ0) is 14.5. The second-order valence-electron chi connectivity index (χ2n) is 3.93. The van der Waals surface area contributed by atoms with Crippen LogP contribution in [0, 0.1) is 0 Å². The number of nitrogens with one attached hydrogen (secondary N) is 1. The molecule has 0 aliphatic carbocycles.